The minimum atomic E-state index is 0.306. The number of morpholine rings is 1. The molecule has 1 aromatic carbocycles. The summed E-state index contributed by atoms with van der Waals surface area (Å²) in [6, 6.07) is 8.78. The molecule has 0 spiro atoms. The summed E-state index contributed by atoms with van der Waals surface area (Å²) in [5, 5.41) is 0. The zero-order chi connectivity index (χ0) is 14.4. The molecule has 1 saturated heterocycles. The van der Waals surface area contributed by atoms with E-state index < -0.39 is 0 Å². The standard InChI is InChI=1S/C16H25NO3/c1-13-14(2)19-9-8-17(13)12-15-4-6-16(7-5-15)20-11-10-18-3/h4-7,13-14H,8-12H2,1-3H3/t13-,14+/m1/s1. The van der Waals surface area contributed by atoms with E-state index in [0.717, 1.165) is 25.4 Å². The Hall–Kier alpha value is -1.10. The third-order valence-corrected chi connectivity index (χ3v) is 3.88. The third kappa shape index (κ3) is 4.20. The highest BCUT2D eigenvalue weighted by atomic mass is 16.5. The first-order chi connectivity index (χ1) is 9.70. The molecule has 0 N–H and O–H groups in total. The van der Waals surface area contributed by atoms with Crippen LogP contribution in [0.1, 0.15) is 19.4 Å². The van der Waals surface area contributed by atoms with Crippen LogP contribution in [-0.4, -0.2) is 50.5 Å². The van der Waals surface area contributed by atoms with Crippen LogP contribution in [0.25, 0.3) is 0 Å². The molecular weight excluding hydrogens is 254 g/mol. The number of benzene rings is 1. The number of rotatable bonds is 6. The Labute approximate surface area is 121 Å². The van der Waals surface area contributed by atoms with E-state index in [0.29, 0.717) is 25.4 Å². The van der Waals surface area contributed by atoms with Crippen molar-refractivity contribution in [3.05, 3.63) is 29.8 Å². The quantitative estimate of drug-likeness (QED) is 0.748. The van der Waals surface area contributed by atoms with E-state index in [2.05, 4.69) is 30.9 Å². The van der Waals surface area contributed by atoms with Gasteiger partial charge in [0.2, 0.25) is 0 Å². The van der Waals surface area contributed by atoms with Crippen molar-refractivity contribution in [2.75, 3.05) is 33.5 Å². The smallest absolute Gasteiger partial charge is 0.119 e. The van der Waals surface area contributed by atoms with Gasteiger partial charge in [0.05, 0.1) is 19.3 Å². The zero-order valence-electron chi connectivity index (χ0n) is 12.7. The maximum absolute atomic E-state index is 5.66. The van der Waals surface area contributed by atoms with Crippen molar-refractivity contribution in [2.24, 2.45) is 0 Å². The van der Waals surface area contributed by atoms with Crippen LogP contribution >= 0.6 is 0 Å². The molecule has 4 nitrogen and oxygen atoms in total. The van der Waals surface area contributed by atoms with Crippen molar-refractivity contribution >= 4 is 0 Å². The van der Waals surface area contributed by atoms with Gasteiger partial charge in [-0.15, -0.1) is 0 Å². The van der Waals surface area contributed by atoms with Gasteiger partial charge in [-0.1, -0.05) is 12.1 Å². The van der Waals surface area contributed by atoms with Crippen molar-refractivity contribution in [2.45, 2.75) is 32.5 Å². The summed E-state index contributed by atoms with van der Waals surface area (Å²) >= 11 is 0. The molecule has 0 bridgehead atoms. The van der Waals surface area contributed by atoms with Gasteiger partial charge >= 0.3 is 0 Å². The predicted octanol–water partition coefficient (Wildman–Crippen LogP) is 2.32. The first-order valence-electron chi connectivity index (χ1n) is 7.27. The first kappa shape index (κ1) is 15.3. The molecule has 4 heteroatoms. The van der Waals surface area contributed by atoms with Crippen molar-refractivity contribution in [3.63, 3.8) is 0 Å². The van der Waals surface area contributed by atoms with Crippen molar-refractivity contribution in [1.29, 1.82) is 0 Å². The second kappa shape index (κ2) is 7.62. The fraction of sp³-hybridized carbons (Fsp3) is 0.625. The molecule has 0 radical (unpaired) electrons. The SMILES string of the molecule is COCCOc1ccc(CN2CCO[C@@H](C)[C@H]2C)cc1. The molecule has 1 aliphatic heterocycles. The summed E-state index contributed by atoms with van der Waals surface area (Å²) in [6.07, 6.45) is 0.306. The maximum atomic E-state index is 5.66. The van der Waals surface area contributed by atoms with Crippen LogP contribution < -0.4 is 4.74 Å². The van der Waals surface area contributed by atoms with Crippen molar-refractivity contribution in [3.8, 4) is 5.75 Å². The van der Waals surface area contributed by atoms with E-state index in [-0.39, 0.29) is 0 Å². The fourth-order valence-electron chi connectivity index (χ4n) is 2.39. The van der Waals surface area contributed by atoms with Gasteiger partial charge in [-0.2, -0.15) is 0 Å². The molecule has 0 aromatic heterocycles. The largest absolute Gasteiger partial charge is 0.491 e. The molecule has 1 aliphatic rings. The highest BCUT2D eigenvalue weighted by Gasteiger charge is 2.25. The lowest BCUT2D eigenvalue weighted by atomic mass is 10.1. The second-order valence-electron chi connectivity index (χ2n) is 5.27. The Morgan fingerprint density at radius 1 is 1.20 bits per heavy atom. The summed E-state index contributed by atoms with van der Waals surface area (Å²) in [7, 11) is 1.68. The summed E-state index contributed by atoms with van der Waals surface area (Å²) in [4.78, 5) is 2.47. The molecule has 2 atom stereocenters. The molecule has 1 fully saturated rings. The van der Waals surface area contributed by atoms with E-state index in [9.17, 15) is 0 Å². The Morgan fingerprint density at radius 2 is 1.95 bits per heavy atom. The Kier molecular flexibility index (Phi) is 5.83. The molecule has 20 heavy (non-hydrogen) atoms. The highest BCUT2D eigenvalue weighted by Crippen LogP contribution is 2.18. The van der Waals surface area contributed by atoms with Gasteiger partial charge in [0.1, 0.15) is 12.4 Å². The molecule has 0 unspecified atom stereocenters. The molecular formula is C16H25NO3. The maximum Gasteiger partial charge on any atom is 0.119 e. The molecule has 2 rings (SSSR count). The van der Waals surface area contributed by atoms with E-state index in [1.165, 1.54) is 5.56 Å². The number of hydrogen-bond donors (Lipinski definition) is 0. The molecule has 112 valence electrons. The van der Waals surface area contributed by atoms with Gasteiger partial charge in [0.25, 0.3) is 0 Å². The van der Waals surface area contributed by atoms with Crippen molar-refractivity contribution < 1.29 is 14.2 Å². The number of hydrogen-bond acceptors (Lipinski definition) is 4. The average molecular weight is 279 g/mol. The van der Waals surface area contributed by atoms with Crippen LogP contribution in [0.3, 0.4) is 0 Å². The molecule has 1 aromatic rings. The lowest BCUT2D eigenvalue weighted by molar-refractivity contribution is -0.0584. The van der Waals surface area contributed by atoms with Gasteiger partial charge in [0.15, 0.2) is 0 Å². The monoisotopic (exact) mass is 279 g/mol. The summed E-state index contributed by atoms with van der Waals surface area (Å²) in [5.74, 6) is 0.897. The molecule has 1 heterocycles. The van der Waals surface area contributed by atoms with Crippen LogP contribution in [0.5, 0.6) is 5.75 Å². The normalized spacial score (nSPS) is 23.8. The van der Waals surface area contributed by atoms with Crippen LogP contribution in [-0.2, 0) is 16.0 Å². The Morgan fingerprint density at radius 3 is 2.65 bits per heavy atom. The molecule has 0 aliphatic carbocycles. The lowest BCUT2D eigenvalue weighted by Crippen LogP contribution is -2.47. The third-order valence-electron chi connectivity index (χ3n) is 3.88. The number of ether oxygens (including phenoxy) is 3. The van der Waals surface area contributed by atoms with Crippen LogP contribution in [0.15, 0.2) is 24.3 Å². The van der Waals surface area contributed by atoms with Gasteiger partial charge in [-0.05, 0) is 31.5 Å². The van der Waals surface area contributed by atoms with E-state index >= 15 is 0 Å². The highest BCUT2D eigenvalue weighted by molar-refractivity contribution is 5.27. The topological polar surface area (TPSA) is 30.9 Å². The van der Waals surface area contributed by atoms with E-state index in [1.54, 1.807) is 7.11 Å². The van der Waals surface area contributed by atoms with Gasteiger partial charge < -0.3 is 14.2 Å². The number of methoxy groups -OCH3 is 1. The second-order valence-corrected chi connectivity index (χ2v) is 5.27. The minimum absolute atomic E-state index is 0.306. The average Bonchev–Trinajstić information content (AvgIpc) is 2.46. The van der Waals surface area contributed by atoms with E-state index in [1.807, 2.05) is 12.1 Å². The molecule has 0 saturated carbocycles. The van der Waals surface area contributed by atoms with Gasteiger partial charge in [0, 0.05) is 26.2 Å². The zero-order valence-corrected chi connectivity index (χ0v) is 12.7. The lowest BCUT2D eigenvalue weighted by Gasteiger charge is -2.37. The van der Waals surface area contributed by atoms with Crippen LogP contribution in [0, 0.1) is 0 Å². The van der Waals surface area contributed by atoms with Crippen LogP contribution in [0.4, 0.5) is 0 Å². The molecule has 0 amide bonds. The van der Waals surface area contributed by atoms with Crippen LogP contribution in [0.2, 0.25) is 0 Å². The minimum Gasteiger partial charge on any atom is -0.491 e. The summed E-state index contributed by atoms with van der Waals surface area (Å²) in [5.41, 5.74) is 1.31. The Bertz CT molecular complexity index is 393. The first-order valence-corrected chi connectivity index (χ1v) is 7.27. The van der Waals surface area contributed by atoms with Crippen molar-refractivity contribution in [1.82, 2.24) is 4.90 Å². The Balaban J connectivity index is 1.86. The summed E-state index contributed by atoms with van der Waals surface area (Å²) in [6.45, 7) is 8.36. The van der Waals surface area contributed by atoms with Gasteiger partial charge in [-0.25, -0.2) is 0 Å². The summed E-state index contributed by atoms with van der Waals surface area (Å²) < 4.78 is 16.2. The fourth-order valence-corrected chi connectivity index (χ4v) is 2.39. The van der Waals surface area contributed by atoms with E-state index in [4.69, 9.17) is 14.2 Å². The van der Waals surface area contributed by atoms with Gasteiger partial charge in [-0.3, -0.25) is 4.90 Å². The predicted molar refractivity (Wildman–Crippen MR) is 79.1 cm³/mol. The number of nitrogens with zero attached hydrogens (tertiary/aromatic N) is 1.